The van der Waals surface area contributed by atoms with Crippen LogP contribution in [0.2, 0.25) is 0 Å². The summed E-state index contributed by atoms with van der Waals surface area (Å²) in [6, 6.07) is 18.5. The minimum Gasteiger partial charge on any atom is -0.497 e. The van der Waals surface area contributed by atoms with E-state index in [2.05, 4.69) is 24.3 Å². The van der Waals surface area contributed by atoms with E-state index in [0.29, 0.717) is 25.4 Å². The Morgan fingerprint density at radius 2 is 1.81 bits per heavy atom. The molecule has 4 nitrogen and oxygen atoms in total. The summed E-state index contributed by atoms with van der Waals surface area (Å²) < 4.78 is 5.22. The number of carbonyl (C=O) groups excluding carboxylic acids is 1. The molecule has 1 aliphatic carbocycles. The molecule has 1 fully saturated rings. The summed E-state index contributed by atoms with van der Waals surface area (Å²) >= 11 is 0. The molecule has 2 atom stereocenters. The average molecular weight is 367 g/mol. The van der Waals surface area contributed by atoms with Gasteiger partial charge in [0.1, 0.15) is 5.75 Å². The summed E-state index contributed by atoms with van der Waals surface area (Å²) in [4.78, 5) is 15.0. The van der Waals surface area contributed by atoms with Crippen LogP contribution in [0.5, 0.6) is 5.75 Å². The van der Waals surface area contributed by atoms with E-state index in [-0.39, 0.29) is 11.9 Å². The van der Waals surface area contributed by atoms with E-state index in [1.165, 1.54) is 5.56 Å². The lowest BCUT2D eigenvalue weighted by molar-refractivity contribution is -0.132. The number of hydrogen-bond acceptors (Lipinski definition) is 3. The largest absolute Gasteiger partial charge is 0.497 e. The lowest BCUT2D eigenvalue weighted by atomic mass is 9.99. The number of ether oxygens (including phenoxy) is 1. The second-order valence-corrected chi connectivity index (χ2v) is 7.46. The van der Waals surface area contributed by atoms with Gasteiger partial charge >= 0.3 is 0 Å². The van der Waals surface area contributed by atoms with Gasteiger partial charge in [-0.2, -0.15) is 0 Å². The van der Waals surface area contributed by atoms with Gasteiger partial charge in [0.2, 0.25) is 5.91 Å². The van der Waals surface area contributed by atoms with Gasteiger partial charge in [0.05, 0.1) is 7.11 Å². The summed E-state index contributed by atoms with van der Waals surface area (Å²) in [5.41, 5.74) is 8.56. The fraction of sp³-hybridized carbons (Fsp3) is 0.435. The van der Waals surface area contributed by atoms with Crippen molar-refractivity contribution in [3.63, 3.8) is 0 Å². The van der Waals surface area contributed by atoms with Crippen LogP contribution < -0.4 is 10.5 Å². The SMILES string of the molecule is COc1ccc(CCN(Cc2ccccc2)C(=O)C[C@@H]2CCC[C@H]2N)cc1. The third-order valence-electron chi connectivity index (χ3n) is 5.55. The lowest BCUT2D eigenvalue weighted by Crippen LogP contribution is -2.36. The number of carbonyl (C=O) groups is 1. The zero-order chi connectivity index (χ0) is 19.1. The second-order valence-electron chi connectivity index (χ2n) is 7.46. The van der Waals surface area contributed by atoms with Gasteiger partial charge in [-0.05, 0) is 48.4 Å². The molecule has 2 N–H and O–H groups in total. The normalized spacial score (nSPS) is 19.0. The summed E-state index contributed by atoms with van der Waals surface area (Å²) in [5.74, 6) is 1.40. The van der Waals surface area contributed by atoms with Crippen molar-refractivity contribution in [2.24, 2.45) is 11.7 Å². The number of amides is 1. The van der Waals surface area contributed by atoms with Gasteiger partial charge in [0, 0.05) is 25.6 Å². The van der Waals surface area contributed by atoms with Crippen LogP contribution >= 0.6 is 0 Å². The van der Waals surface area contributed by atoms with Crippen molar-refractivity contribution < 1.29 is 9.53 Å². The first-order chi connectivity index (χ1) is 13.2. The summed E-state index contributed by atoms with van der Waals surface area (Å²) in [6.45, 7) is 1.36. The molecule has 0 saturated heterocycles. The third kappa shape index (κ3) is 5.57. The van der Waals surface area contributed by atoms with E-state index in [1.54, 1.807) is 7.11 Å². The summed E-state index contributed by atoms with van der Waals surface area (Å²) in [5, 5.41) is 0. The molecular weight excluding hydrogens is 336 g/mol. The van der Waals surface area contributed by atoms with Gasteiger partial charge in [-0.15, -0.1) is 0 Å². The fourth-order valence-corrected chi connectivity index (χ4v) is 3.82. The smallest absolute Gasteiger partial charge is 0.223 e. The Bertz CT molecular complexity index is 715. The van der Waals surface area contributed by atoms with Gasteiger partial charge in [0.15, 0.2) is 0 Å². The highest BCUT2D eigenvalue weighted by molar-refractivity contribution is 5.76. The molecule has 2 aromatic rings. The number of nitrogens with two attached hydrogens (primary N) is 1. The minimum atomic E-state index is 0.175. The quantitative estimate of drug-likeness (QED) is 0.773. The molecule has 2 aromatic carbocycles. The topological polar surface area (TPSA) is 55.6 Å². The predicted molar refractivity (Wildman–Crippen MR) is 108 cm³/mol. The molecule has 0 spiro atoms. The van der Waals surface area contributed by atoms with Crippen molar-refractivity contribution in [3.05, 3.63) is 65.7 Å². The molecule has 0 bridgehead atoms. The maximum atomic E-state index is 13.0. The Morgan fingerprint density at radius 1 is 1.07 bits per heavy atom. The van der Waals surface area contributed by atoms with E-state index in [9.17, 15) is 4.79 Å². The maximum Gasteiger partial charge on any atom is 0.223 e. The van der Waals surface area contributed by atoms with Crippen molar-refractivity contribution in [3.8, 4) is 5.75 Å². The maximum absolute atomic E-state index is 13.0. The number of methoxy groups -OCH3 is 1. The highest BCUT2D eigenvalue weighted by atomic mass is 16.5. The highest BCUT2D eigenvalue weighted by Crippen LogP contribution is 2.27. The number of rotatable bonds is 8. The Hall–Kier alpha value is -2.33. The molecule has 3 rings (SSSR count). The highest BCUT2D eigenvalue weighted by Gasteiger charge is 2.28. The Balaban J connectivity index is 1.65. The first-order valence-electron chi connectivity index (χ1n) is 9.86. The first kappa shape index (κ1) is 19.4. The Labute approximate surface area is 162 Å². The van der Waals surface area contributed by atoms with Crippen LogP contribution in [0.25, 0.3) is 0 Å². The minimum absolute atomic E-state index is 0.175. The van der Waals surface area contributed by atoms with Crippen molar-refractivity contribution >= 4 is 5.91 Å². The molecular formula is C23H30N2O2. The van der Waals surface area contributed by atoms with Gasteiger partial charge in [-0.1, -0.05) is 48.9 Å². The number of benzene rings is 2. The second kappa shape index (κ2) is 9.56. The van der Waals surface area contributed by atoms with Crippen LogP contribution in [0.1, 0.15) is 36.8 Å². The molecule has 1 aliphatic rings. The molecule has 27 heavy (non-hydrogen) atoms. The van der Waals surface area contributed by atoms with Crippen LogP contribution in [0, 0.1) is 5.92 Å². The molecule has 0 radical (unpaired) electrons. The molecule has 0 aromatic heterocycles. The Morgan fingerprint density at radius 3 is 2.44 bits per heavy atom. The van der Waals surface area contributed by atoms with Gasteiger partial charge < -0.3 is 15.4 Å². The van der Waals surface area contributed by atoms with E-state index in [0.717, 1.165) is 37.0 Å². The van der Waals surface area contributed by atoms with Gasteiger partial charge in [-0.25, -0.2) is 0 Å². The lowest BCUT2D eigenvalue weighted by Gasteiger charge is -2.25. The fourth-order valence-electron chi connectivity index (χ4n) is 3.82. The van der Waals surface area contributed by atoms with Crippen LogP contribution in [0.3, 0.4) is 0 Å². The molecule has 1 saturated carbocycles. The van der Waals surface area contributed by atoms with Crippen LogP contribution in [0.4, 0.5) is 0 Å². The number of nitrogens with zero attached hydrogens (tertiary/aromatic N) is 1. The van der Waals surface area contributed by atoms with E-state index in [4.69, 9.17) is 10.5 Å². The predicted octanol–water partition coefficient (Wildman–Crippen LogP) is 3.78. The van der Waals surface area contributed by atoms with E-state index in [1.807, 2.05) is 35.2 Å². The van der Waals surface area contributed by atoms with Crippen LogP contribution in [0.15, 0.2) is 54.6 Å². The zero-order valence-electron chi connectivity index (χ0n) is 16.1. The first-order valence-corrected chi connectivity index (χ1v) is 9.86. The average Bonchev–Trinajstić information content (AvgIpc) is 3.10. The molecule has 144 valence electrons. The van der Waals surface area contributed by atoms with Gasteiger partial charge in [-0.3, -0.25) is 4.79 Å². The van der Waals surface area contributed by atoms with Crippen LogP contribution in [-0.4, -0.2) is 30.5 Å². The molecule has 0 heterocycles. The molecule has 0 unspecified atom stereocenters. The van der Waals surface area contributed by atoms with Crippen molar-refractivity contribution in [1.82, 2.24) is 4.90 Å². The standard InChI is InChI=1S/C23H30N2O2/c1-27-21-12-10-18(11-13-21)14-15-25(17-19-6-3-2-4-7-19)23(26)16-20-8-5-9-22(20)24/h2-4,6-7,10-13,20,22H,5,8-9,14-17,24H2,1H3/t20-,22+/m0/s1. The summed E-state index contributed by atoms with van der Waals surface area (Å²) in [7, 11) is 1.67. The van der Waals surface area contributed by atoms with Gasteiger partial charge in [0.25, 0.3) is 0 Å². The third-order valence-corrected chi connectivity index (χ3v) is 5.55. The van der Waals surface area contributed by atoms with Crippen LogP contribution in [-0.2, 0) is 17.8 Å². The van der Waals surface area contributed by atoms with Crippen molar-refractivity contribution in [2.45, 2.75) is 44.7 Å². The van der Waals surface area contributed by atoms with E-state index < -0.39 is 0 Å². The number of hydrogen-bond donors (Lipinski definition) is 1. The van der Waals surface area contributed by atoms with Crippen molar-refractivity contribution in [1.29, 1.82) is 0 Å². The Kier molecular flexibility index (Phi) is 6.88. The monoisotopic (exact) mass is 366 g/mol. The van der Waals surface area contributed by atoms with Crippen molar-refractivity contribution in [2.75, 3.05) is 13.7 Å². The van der Waals surface area contributed by atoms with E-state index >= 15 is 0 Å². The summed E-state index contributed by atoms with van der Waals surface area (Å²) in [6.07, 6.45) is 4.66. The zero-order valence-corrected chi connectivity index (χ0v) is 16.1. The molecule has 1 amide bonds. The molecule has 0 aliphatic heterocycles. The molecule has 4 heteroatoms.